The number of halogens is 3. The van der Waals surface area contributed by atoms with Crippen molar-refractivity contribution in [2.24, 2.45) is 0 Å². The fourth-order valence-electron chi connectivity index (χ4n) is 0.828. The summed E-state index contributed by atoms with van der Waals surface area (Å²) in [6.45, 7) is 0. The molecule has 0 spiro atoms. The number of nitrogens with zero attached hydrogens (tertiary/aromatic N) is 1. The quantitative estimate of drug-likeness (QED) is 0.514. The number of carbonyl (C=O) groups excluding carboxylic acids is 1. The van der Waals surface area contributed by atoms with Crippen molar-refractivity contribution in [2.75, 3.05) is 4.90 Å². The van der Waals surface area contributed by atoms with E-state index in [0.29, 0.717) is 0 Å². The molecule has 1 rings (SSSR count). The van der Waals surface area contributed by atoms with Crippen LogP contribution in [0.25, 0.3) is 0 Å². The Labute approximate surface area is 72.6 Å². The maximum Gasteiger partial charge on any atom is 0.492 e. The summed E-state index contributed by atoms with van der Waals surface area (Å²) >= 11 is 0. The van der Waals surface area contributed by atoms with Gasteiger partial charge in [0.25, 0.3) is 0 Å². The van der Waals surface area contributed by atoms with Crippen LogP contribution in [0.2, 0.25) is 0 Å². The predicted molar refractivity (Wildman–Crippen MR) is 40.7 cm³/mol. The van der Waals surface area contributed by atoms with Crippen molar-refractivity contribution in [1.29, 1.82) is 0 Å². The third-order valence-electron chi connectivity index (χ3n) is 1.36. The Balaban J connectivity index is 2.99. The molecule has 0 fully saturated rings. The van der Waals surface area contributed by atoms with Crippen LogP contribution >= 0.6 is 0 Å². The van der Waals surface area contributed by atoms with Crippen LogP contribution < -0.4 is 4.90 Å². The Morgan fingerprint density at radius 2 is 1.69 bits per heavy atom. The molecule has 1 aromatic rings. The van der Waals surface area contributed by atoms with E-state index in [0.717, 1.165) is 6.41 Å². The van der Waals surface area contributed by atoms with Crippen molar-refractivity contribution in [1.82, 2.24) is 0 Å². The number of para-hydroxylation sites is 1. The van der Waals surface area contributed by atoms with E-state index in [1.165, 1.54) is 24.3 Å². The van der Waals surface area contributed by atoms with Crippen molar-refractivity contribution >= 4 is 12.1 Å². The zero-order valence-corrected chi connectivity index (χ0v) is 6.38. The first-order chi connectivity index (χ1) is 6.05. The highest BCUT2D eigenvalue weighted by atomic mass is 19.4. The van der Waals surface area contributed by atoms with E-state index in [9.17, 15) is 18.0 Å². The van der Waals surface area contributed by atoms with Gasteiger partial charge in [-0.25, -0.2) is 4.90 Å². The highest BCUT2D eigenvalue weighted by molar-refractivity contribution is 5.76. The Bertz CT molecular complexity index is 283. The highest BCUT2D eigenvalue weighted by Gasteiger charge is 2.38. The van der Waals surface area contributed by atoms with Gasteiger partial charge in [0, 0.05) is 0 Å². The van der Waals surface area contributed by atoms with Crippen LogP contribution in [0, 0.1) is 0 Å². The lowest BCUT2D eigenvalue weighted by molar-refractivity contribution is -0.118. The lowest BCUT2D eigenvalue weighted by atomic mass is 10.3. The van der Waals surface area contributed by atoms with E-state index >= 15 is 0 Å². The second-order valence-corrected chi connectivity index (χ2v) is 2.23. The van der Waals surface area contributed by atoms with Gasteiger partial charge in [0.15, 0.2) is 0 Å². The minimum atomic E-state index is -4.72. The van der Waals surface area contributed by atoms with Crippen LogP contribution in [0.15, 0.2) is 30.3 Å². The molecule has 0 aromatic heterocycles. The smallest absolute Gasteiger partial charge is 0.263 e. The molecule has 5 heteroatoms. The van der Waals surface area contributed by atoms with E-state index in [1.54, 1.807) is 6.07 Å². The lowest BCUT2D eigenvalue weighted by Gasteiger charge is -2.18. The molecule has 13 heavy (non-hydrogen) atoms. The van der Waals surface area contributed by atoms with Crippen molar-refractivity contribution in [3.8, 4) is 0 Å². The topological polar surface area (TPSA) is 20.3 Å². The second-order valence-electron chi connectivity index (χ2n) is 2.23. The van der Waals surface area contributed by atoms with E-state index in [4.69, 9.17) is 0 Å². The number of amides is 1. The molecule has 69 valence electrons. The Morgan fingerprint density at radius 3 is 2.08 bits per heavy atom. The zero-order valence-electron chi connectivity index (χ0n) is 6.38. The Morgan fingerprint density at radius 1 is 1.15 bits per heavy atom. The molecule has 0 unspecified atom stereocenters. The highest BCUT2D eigenvalue weighted by Crippen LogP contribution is 2.26. The molecule has 0 saturated heterocycles. The number of hydrogen-bond donors (Lipinski definition) is 0. The summed E-state index contributed by atoms with van der Waals surface area (Å²) in [4.78, 5) is 9.62. The van der Waals surface area contributed by atoms with Crippen molar-refractivity contribution < 1.29 is 18.0 Å². The third-order valence-corrected chi connectivity index (χ3v) is 1.36. The fourth-order valence-corrected chi connectivity index (χ4v) is 0.828. The number of alkyl halides is 3. The van der Waals surface area contributed by atoms with Crippen molar-refractivity contribution in [2.45, 2.75) is 6.30 Å². The average Bonchev–Trinajstić information content (AvgIpc) is 2.05. The number of hydrogen-bond acceptors (Lipinski definition) is 1. The molecule has 0 aliphatic rings. The first-order valence-corrected chi connectivity index (χ1v) is 3.35. The van der Waals surface area contributed by atoms with Gasteiger partial charge in [0.05, 0.1) is 5.69 Å². The molecule has 1 amide bonds. The maximum absolute atomic E-state index is 12.1. The molecule has 1 radical (unpaired) electrons. The van der Waals surface area contributed by atoms with Gasteiger partial charge in [0.2, 0.25) is 0 Å². The molecule has 2 nitrogen and oxygen atoms in total. The van der Waals surface area contributed by atoms with E-state index in [-0.39, 0.29) is 5.69 Å². The summed E-state index contributed by atoms with van der Waals surface area (Å²) < 4.78 is 36.2. The first-order valence-electron chi connectivity index (χ1n) is 3.35. The normalized spacial score (nSPS) is 11.0. The van der Waals surface area contributed by atoms with Crippen LogP contribution in [0.4, 0.5) is 18.9 Å². The standard InChI is InChI=1S/C8H5F3NO/c9-8(10,11)12(6-13)7-4-2-1-3-5-7/h1-5H. The van der Waals surface area contributed by atoms with Gasteiger partial charge in [-0.05, 0) is 12.1 Å². The van der Waals surface area contributed by atoms with Gasteiger partial charge in [-0.1, -0.05) is 18.2 Å². The summed E-state index contributed by atoms with van der Waals surface area (Å²) in [5.41, 5.74) is -0.245. The van der Waals surface area contributed by atoms with Crippen molar-refractivity contribution in [3.05, 3.63) is 30.3 Å². The number of rotatable bonds is 2. The summed E-state index contributed by atoms with van der Waals surface area (Å²) in [5.74, 6) is 0. The summed E-state index contributed by atoms with van der Waals surface area (Å²) in [6, 6.07) is 6.73. The van der Waals surface area contributed by atoms with Gasteiger partial charge >= 0.3 is 12.7 Å². The maximum atomic E-state index is 12.1. The summed E-state index contributed by atoms with van der Waals surface area (Å²) in [7, 11) is 0. The SMILES string of the molecule is O=[C]N(c1ccccc1)C(F)(F)F. The second kappa shape index (κ2) is 3.47. The Hall–Kier alpha value is -1.52. The largest absolute Gasteiger partial charge is 0.492 e. The van der Waals surface area contributed by atoms with Crippen LogP contribution in [-0.2, 0) is 4.79 Å². The number of anilines is 1. The van der Waals surface area contributed by atoms with Crippen LogP contribution in [0.5, 0.6) is 0 Å². The van der Waals surface area contributed by atoms with E-state index in [2.05, 4.69) is 0 Å². The molecular weight excluding hydrogens is 183 g/mol. The molecule has 0 bridgehead atoms. The van der Waals surface area contributed by atoms with E-state index < -0.39 is 11.2 Å². The minimum Gasteiger partial charge on any atom is -0.263 e. The summed E-state index contributed by atoms with van der Waals surface area (Å²) in [5, 5.41) is 0. The molecule has 0 N–H and O–H groups in total. The molecule has 0 atom stereocenters. The lowest BCUT2D eigenvalue weighted by Crippen LogP contribution is -2.36. The molecule has 0 aliphatic carbocycles. The summed E-state index contributed by atoms with van der Waals surface area (Å²) in [6.07, 6.45) is -3.90. The molecule has 1 aromatic carbocycles. The van der Waals surface area contributed by atoms with Crippen LogP contribution in [0.3, 0.4) is 0 Å². The minimum absolute atomic E-state index is 0.245. The van der Waals surface area contributed by atoms with Crippen LogP contribution in [0.1, 0.15) is 0 Å². The van der Waals surface area contributed by atoms with Crippen LogP contribution in [-0.4, -0.2) is 12.7 Å². The Kier molecular flexibility index (Phi) is 2.55. The van der Waals surface area contributed by atoms with Gasteiger partial charge in [-0.3, -0.25) is 4.79 Å². The van der Waals surface area contributed by atoms with Gasteiger partial charge < -0.3 is 0 Å². The first kappa shape index (κ1) is 9.57. The van der Waals surface area contributed by atoms with Gasteiger partial charge in [-0.15, -0.1) is 13.2 Å². The van der Waals surface area contributed by atoms with Gasteiger partial charge in [0.1, 0.15) is 0 Å². The molecular formula is C8H5F3NO. The fraction of sp³-hybridized carbons (Fsp3) is 0.125. The molecule has 0 heterocycles. The van der Waals surface area contributed by atoms with Crippen molar-refractivity contribution in [3.63, 3.8) is 0 Å². The molecule has 0 aliphatic heterocycles. The van der Waals surface area contributed by atoms with Gasteiger partial charge in [-0.2, -0.15) is 0 Å². The van der Waals surface area contributed by atoms with E-state index in [1.807, 2.05) is 0 Å². The third kappa shape index (κ3) is 2.21. The average molecular weight is 188 g/mol. The monoisotopic (exact) mass is 188 g/mol. The number of benzene rings is 1. The molecule has 0 saturated carbocycles. The zero-order chi connectivity index (χ0) is 9.90. The predicted octanol–water partition coefficient (Wildman–Crippen LogP) is 2.08.